The van der Waals surface area contributed by atoms with Crippen LogP contribution >= 0.6 is 49.8 Å². The molecule has 0 bridgehead atoms. The quantitative estimate of drug-likeness (QED) is 0.709. The van der Waals surface area contributed by atoms with Crippen molar-refractivity contribution < 1.29 is 4.57 Å². The molecular formula is C7H6Cl3OPS. The van der Waals surface area contributed by atoms with E-state index in [4.69, 9.17) is 33.5 Å². The highest BCUT2D eigenvalue weighted by atomic mass is 35.8. The fraction of sp³-hybridized carbons (Fsp3) is 0.143. The van der Waals surface area contributed by atoms with Gasteiger partial charge in [-0.05, 0) is 33.6 Å². The molecule has 1 aromatic carbocycles. The van der Waals surface area contributed by atoms with Crippen LogP contribution in [0.25, 0.3) is 0 Å². The van der Waals surface area contributed by atoms with Gasteiger partial charge in [0.05, 0.1) is 6.16 Å². The number of hydrogen-bond donors (Lipinski definition) is 0. The van der Waals surface area contributed by atoms with Crippen LogP contribution in [0.4, 0.5) is 0 Å². The summed E-state index contributed by atoms with van der Waals surface area (Å²) < 4.78 is 11.4. The van der Waals surface area contributed by atoms with Crippen molar-refractivity contribution in [2.45, 2.75) is 6.16 Å². The van der Waals surface area contributed by atoms with Crippen molar-refractivity contribution in [3.8, 4) is 0 Å². The van der Waals surface area contributed by atoms with Crippen LogP contribution in [0, 0.1) is 0 Å². The van der Waals surface area contributed by atoms with E-state index in [1.165, 1.54) is 0 Å². The minimum absolute atomic E-state index is 0.211. The lowest BCUT2D eigenvalue weighted by Gasteiger charge is -2.06. The second-order valence-corrected chi connectivity index (χ2v) is 10.1. The van der Waals surface area contributed by atoms with Crippen molar-refractivity contribution in [3.05, 3.63) is 34.9 Å². The first kappa shape index (κ1) is 11.7. The molecular weight excluding hydrogens is 269 g/mol. The van der Waals surface area contributed by atoms with Crippen molar-refractivity contribution in [2.24, 2.45) is 0 Å². The van der Waals surface area contributed by atoms with E-state index in [9.17, 15) is 4.57 Å². The third kappa shape index (κ3) is 3.73. The van der Waals surface area contributed by atoms with Crippen molar-refractivity contribution in [1.29, 1.82) is 0 Å². The first-order valence-electron chi connectivity index (χ1n) is 3.37. The molecule has 0 N–H and O–H groups in total. The van der Waals surface area contributed by atoms with Gasteiger partial charge in [0, 0.05) is 15.6 Å². The average molecular weight is 276 g/mol. The Kier molecular flexibility index (Phi) is 4.47. The Morgan fingerprint density at radius 2 is 2.00 bits per heavy atom. The molecule has 0 aliphatic carbocycles. The number of hydrogen-bond acceptors (Lipinski definition) is 2. The number of rotatable bonds is 3. The molecule has 0 saturated carbocycles. The third-order valence-electron chi connectivity index (χ3n) is 1.42. The predicted molar refractivity (Wildman–Crippen MR) is 62.1 cm³/mol. The molecule has 72 valence electrons. The highest BCUT2D eigenvalue weighted by Crippen LogP contribution is 2.67. The molecule has 6 heteroatoms. The summed E-state index contributed by atoms with van der Waals surface area (Å²) in [5, 5.41) is 0.564. The summed E-state index contributed by atoms with van der Waals surface area (Å²) in [5.74, 6) is 0. The van der Waals surface area contributed by atoms with Crippen LogP contribution in [-0.4, -0.2) is 0 Å². The average Bonchev–Trinajstić information content (AvgIpc) is 2.09. The summed E-state index contributed by atoms with van der Waals surface area (Å²) in [5.41, 5.74) is -2.09. The molecule has 0 saturated heterocycles. The second kappa shape index (κ2) is 4.95. The standard InChI is InChI=1S/C7H6Cl3OPS/c8-7-4-2-1-3-6(7)5-12(9,11)13-10/h1-4H,5H2. The summed E-state index contributed by atoms with van der Waals surface area (Å²) in [6.07, 6.45) is 0.211. The maximum absolute atomic E-state index is 11.4. The molecule has 0 aliphatic rings. The minimum atomic E-state index is -2.85. The third-order valence-corrected chi connectivity index (χ3v) is 7.34. The largest absolute Gasteiger partial charge is 0.293 e. The van der Waals surface area contributed by atoms with Crippen LogP contribution in [0.5, 0.6) is 0 Å². The van der Waals surface area contributed by atoms with E-state index >= 15 is 0 Å². The highest BCUT2D eigenvalue weighted by molar-refractivity contribution is 8.74. The van der Waals surface area contributed by atoms with Crippen LogP contribution in [0.15, 0.2) is 24.3 Å². The molecule has 0 spiro atoms. The van der Waals surface area contributed by atoms with Crippen molar-refractivity contribution in [3.63, 3.8) is 0 Å². The van der Waals surface area contributed by atoms with Crippen LogP contribution in [-0.2, 0) is 10.7 Å². The Morgan fingerprint density at radius 3 is 2.54 bits per heavy atom. The van der Waals surface area contributed by atoms with Gasteiger partial charge in [0.1, 0.15) is 0 Å². The zero-order valence-electron chi connectivity index (χ0n) is 6.41. The molecule has 1 aromatic rings. The molecule has 1 nitrogen and oxygen atoms in total. The molecule has 0 radical (unpaired) electrons. The number of benzene rings is 1. The van der Waals surface area contributed by atoms with Gasteiger partial charge in [0.2, 0.25) is 5.70 Å². The molecule has 1 rings (SSSR count). The van der Waals surface area contributed by atoms with Crippen LogP contribution in [0.1, 0.15) is 5.56 Å². The Balaban J connectivity index is 2.86. The molecule has 0 aliphatic heterocycles. The Labute approximate surface area is 95.2 Å². The molecule has 0 amide bonds. The lowest BCUT2D eigenvalue weighted by Crippen LogP contribution is -1.81. The van der Waals surface area contributed by atoms with E-state index in [2.05, 4.69) is 0 Å². The molecule has 0 fully saturated rings. The Morgan fingerprint density at radius 1 is 1.38 bits per heavy atom. The Hall–Kier alpha value is 0.670. The van der Waals surface area contributed by atoms with Gasteiger partial charge in [-0.3, -0.25) is 4.57 Å². The SMILES string of the molecule is O=P(Cl)(Cc1ccccc1Cl)SCl. The summed E-state index contributed by atoms with van der Waals surface area (Å²) in [6, 6.07) is 7.13. The van der Waals surface area contributed by atoms with E-state index in [1.807, 2.05) is 6.07 Å². The highest BCUT2D eigenvalue weighted by Gasteiger charge is 2.20. The van der Waals surface area contributed by atoms with Crippen LogP contribution in [0.3, 0.4) is 0 Å². The normalized spacial score (nSPS) is 15.3. The van der Waals surface area contributed by atoms with Gasteiger partial charge in [0.15, 0.2) is 0 Å². The topological polar surface area (TPSA) is 17.1 Å². The fourth-order valence-corrected chi connectivity index (χ4v) is 3.27. The maximum atomic E-state index is 11.4. The van der Waals surface area contributed by atoms with Gasteiger partial charge < -0.3 is 0 Å². The first-order chi connectivity index (χ1) is 6.05. The van der Waals surface area contributed by atoms with Gasteiger partial charge >= 0.3 is 0 Å². The number of halogens is 3. The van der Waals surface area contributed by atoms with E-state index < -0.39 is 5.70 Å². The summed E-state index contributed by atoms with van der Waals surface area (Å²) in [4.78, 5) is 0. The molecule has 0 aromatic heterocycles. The molecule has 1 atom stereocenters. The second-order valence-electron chi connectivity index (χ2n) is 2.41. The van der Waals surface area contributed by atoms with Gasteiger partial charge in [0.25, 0.3) is 0 Å². The lowest BCUT2D eigenvalue weighted by molar-refractivity contribution is 0.593. The van der Waals surface area contributed by atoms with Gasteiger partial charge in [-0.1, -0.05) is 29.8 Å². The van der Waals surface area contributed by atoms with E-state index in [0.717, 1.165) is 5.56 Å². The monoisotopic (exact) mass is 274 g/mol. The molecule has 13 heavy (non-hydrogen) atoms. The smallest absolute Gasteiger partial charge is 0.240 e. The van der Waals surface area contributed by atoms with Crippen LogP contribution < -0.4 is 0 Å². The van der Waals surface area contributed by atoms with Gasteiger partial charge in [-0.25, -0.2) is 0 Å². The fourth-order valence-electron chi connectivity index (χ4n) is 0.854. The zero-order valence-corrected chi connectivity index (χ0v) is 10.4. The maximum Gasteiger partial charge on any atom is 0.240 e. The first-order valence-corrected chi connectivity index (χ1v) is 8.80. The van der Waals surface area contributed by atoms with Crippen molar-refractivity contribution in [2.75, 3.05) is 0 Å². The van der Waals surface area contributed by atoms with E-state index in [-0.39, 0.29) is 6.16 Å². The summed E-state index contributed by atoms with van der Waals surface area (Å²) >= 11 is 11.5. The summed E-state index contributed by atoms with van der Waals surface area (Å²) in [6.45, 7) is 0. The van der Waals surface area contributed by atoms with Crippen molar-refractivity contribution >= 4 is 49.8 Å². The van der Waals surface area contributed by atoms with Crippen molar-refractivity contribution in [1.82, 2.24) is 0 Å². The minimum Gasteiger partial charge on any atom is -0.293 e. The zero-order chi connectivity index (χ0) is 9.90. The summed E-state index contributed by atoms with van der Waals surface area (Å²) in [7, 11) is 6.04. The lowest BCUT2D eigenvalue weighted by atomic mass is 10.2. The Bertz CT molecular complexity index is 344. The van der Waals surface area contributed by atoms with E-state index in [1.54, 1.807) is 18.2 Å². The predicted octanol–water partition coefficient (Wildman–Crippen LogP) is 5.16. The van der Waals surface area contributed by atoms with E-state index in [0.29, 0.717) is 15.6 Å². The van der Waals surface area contributed by atoms with Gasteiger partial charge in [-0.15, -0.1) is 0 Å². The van der Waals surface area contributed by atoms with Gasteiger partial charge in [-0.2, -0.15) is 0 Å². The molecule has 1 unspecified atom stereocenters. The molecule has 0 heterocycles. The van der Waals surface area contributed by atoms with Crippen LogP contribution in [0.2, 0.25) is 5.02 Å².